The van der Waals surface area contributed by atoms with E-state index in [1.165, 1.54) is 95.6 Å². The third-order valence-electron chi connectivity index (χ3n) is 4.39. The summed E-state index contributed by atoms with van der Waals surface area (Å²) in [6.07, 6.45) is 19.8. The first-order valence-corrected chi connectivity index (χ1v) is 11.8. The van der Waals surface area contributed by atoms with Crippen LogP contribution in [0.2, 0.25) is 0 Å². The largest absolute Gasteiger partial charge is 1.00 e. The number of rotatable bonds is 14. The minimum Gasteiger partial charge on any atom is -0.343 e. The van der Waals surface area contributed by atoms with Crippen LogP contribution in [0.4, 0.5) is 0 Å². The Morgan fingerprint density at radius 3 is 1.41 bits per heavy atom. The van der Waals surface area contributed by atoms with E-state index in [0.717, 1.165) is 6.42 Å². The Labute approximate surface area is 180 Å². The van der Waals surface area contributed by atoms with Crippen molar-refractivity contribution in [1.29, 1.82) is 0 Å². The Hall–Kier alpha value is -0.273. The second-order valence-corrected chi connectivity index (χ2v) is 8.31. The van der Waals surface area contributed by atoms with Crippen molar-refractivity contribution in [3.8, 4) is 0 Å². The van der Waals surface area contributed by atoms with E-state index in [1.54, 1.807) is 18.2 Å². The van der Waals surface area contributed by atoms with Gasteiger partial charge in [-0.15, -0.1) is 0 Å². The zero-order chi connectivity index (χ0) is 19.5. The van der Waals surface area contributed by atoms with Gasteiger partial charge in [-0.2, -0.15) is 14.8 Å². The van der Waals surface area contributed by atoms with Gasteiger partial charge in [-0.3, -0.25) is 4.55 Å². The average Bonchev–Trinajstić information content (AvgIpc) is 2.63. The molecule has 3 nitrogen and oxygen atoms in total. The van der Waals surface area contributed by atoms with Gasteiger partial charge in [0.25, 0.3) is 10.1 Å². The van der Waals surface area contributed by atoms with Crippen LogP contribution in [0, 0.1) is 6.92 Å². The van der Waals surface area contributed by atoms with E-state index >= 15 is 0 Å². The molecule has 0 saturated heterocycles. The molecule has 0 aromatic heterocycles. The average molecular weight is 391 g/mol. The van der Waals surface area contributed by atoms with Crippen molar-refractivity contribution < 1.29 is 31.8 Å². The molecule has 5 heteroatoms. The van der Waals surface area contributed by atoms with Gasteiger partial charge in [-0.25, -0.2) is 0 Å². The van der Waals surface area contributed by atoms with E-state index in [2.05, 4.69) is 13.8 Å². The third kappa shape index (κ3) is 20.3. The summed E-state index contributed by atoms with van der Waals surface area (Å²) in [6.45, 7) is 6.16. The maximum Gasteiger partial charge on any atom is 1.00 e. The van der Waals surface area contributed by atoms with Crippen LogP contribution < -0.4 is 18.9 Å². The molecule has 0 amide bonds. The molecule has 1 aromatic rings. The Morgan fingerprint density at radius 1 is 0.741 bits per heavy atom. The summed E-state index contributed by atoms with van der Waals surface area (Å²) >= 11 is 0. The van der Waals surface area contributed by atoms with Gasteiger partial charge in [0.15, 0.2) is 0 Å². The van der Waals surface area contributed by atoms with Gasteiger partial charge < -0.3 is 6.92 Å². The molecule has 0 bridgehead atoms. The second kappa shape index (κ2) is 20.5. The van der Waals surface area contributed by atoms with Gasteiger partial charge in [0.2, 0.25) is 0 Å². The predicted molar refractivity (Wildman–Crippen MR) is 112 cm³/mol. The van der Waals surface area contributed by atoms with Crippen molar-refractivity contribution >= 4 is 10.1 Å². The van der Waals surface area contributed by atoms with Crippen LogP contribution in [0.3, 0.4) is 0 Å². The van der Waals surface area contributed by atoms with Crippen molar-refractivity contribution in [2.24, 2.45) is 0 Å². The summed E-state index contributed by atoms with van der Waals surface area (Å²) in [5.41, 5.74) is 0. The van der Waals surface area contributed by atoms with Crippen molar-refractivity contribution in [3.63, 3.8) is 0 Å². The Balaban J connectivity index is 0. The summed E-state index contributed by atoms with van der Waals surface area (Å²) in [6, 6.07) is 7.42. The molecule has 0 saturated carbocycles. The molecule has 27 heavy (non-hydrogen) atoms. The minimum absolute atomic E-state index is 0. The number of benzene rings is 1. The van der Waals surface area contributed by atoms with Crippen molar-refractivity contribution in [2.75, 3.05) is 0 Å². The Kier molecular flexibility index (Phi) is 21.9. The van der Waals surface area contributed by atoms with Crippen molar-refractivity contribution in [1.82, 2.24) is 0 Å². The van der Waals surface area contributed by atoms with Crippen LogP contribution in [0.1, 0.15) is 96.8 Å². The summed E-state index contributed by atoms with van der Waals surface area (Å²) in [4.78, 5) is -0.0741. The minimum atomic E-state index is -4.00. The molecule has 1 N–H and O–H groups in total. The monoisotopic (exact) mass is 390 g/mol. The van der Waals surface area contributed by atoms with Gasteiger partial charge in [-0.05, 0) is 12.1 Å². The summed E-state index contributed by atoms with van der Waals surface area (Å²) < 4.78 is 29.2. The van der Waals surface area contributed by atoms with Crippen LogP contribution in [-0.4, -0.2) is 13.0 Å². The molecular weight excluding hydrogens is 351 g/mol. The van der Waals surface area contributed by atoms with Crippen LogP contribution in [0.15, 0.2) is 35.2 Å². The summed E-state index contributed by atoms with van der Waals surface area (Å²) in [5.74, 6) is 0. The molecule has 0 aliphatic heterocycles. The second-order valence-electron chi connectivity index (χ2n) is 6.88. The molecule has 0 spiro atoms. The molecule has 1 rings (SSSR count). The molecule has 1 aromatic carbocycles. The van der Waals surface area contributed by atoms with E-state index in [4.69, 9.17) is 4.55 Å². The first-order chi connectivity index (χ1) is 12.5. The van der Waals surface area contributed by atoms with Crippen LogP contribution in [-0.2, 0) is 10.1 Å². The molecule has 0 atom stereocenters. The number of hydrogen-bond acceptors (Lipinski definition) is 2. The smallest absolute Gasteiger partial charge is 0.343 e. The normalized spacial score (nSPS) is 10.6. The predicted octanol–water partition coefficient (Wildman–Crippen LogP) is 4.24. The van der Waals surface area contributed by atoms with Crippen LogP contribution in [0.5, 0.6) is 0 Å². The van der Waals surface area contributed by atoms with E-state index in [-0.39, 0.29) is 23.8 Å². The van der Waals surface area contributed by atoms with E-state index in [1.807, 2.05) is 0 Å². The molecule has 0 heterocycles. The van der Waals surface area contributed by atoms with E-state index < -0.39 is 10.1 Å². The number of unbranched alkanes of at least 4 members (excludes halogenated alkanes) is 13. The maximum absolute atomic E-state index is 10.4. The molecule has 0 aliphatic carbocycles. The van der Waals surface area contributed by atoms with Crippen molar-refractivity contribution in [3.05, 3.63) is 37.3 Å². The van der Waals surface area contributed by atoms with Gasteiger partial charge in [0, 0.05) is 0 Å². The molecule has 152 valence electrons. The molecular formula is C22H39LiO3S. The molecule has 0 fully saturated rings. The third-order valence-corrected chi connectivity index (χ3v) is 5.26. The first-order valence-electron chi connectivity index (χ1n) is 10.3. The van der Waals surface area contributed by atoms with E-state index in [9.17, 15) is 8.42 Å². The summed E-state index contributed by atoms with van der Waals surface area (Å²) in [5, 5.41) is 0. The quantitative estimate of drug-likeness (QED) is 0.224. The van der Waals surface area contributed by atoms with Crippen LogP contribution >= 0.6 is 0 Å². The van der Waals surface area contributed by atoms with Gasteiger partial charge in [0.1, 0.15) is 0 Å². The first kappa shape index (κ1) is 28.9. The fourth-order valence-corrected chi connectivity index (χ4v) is 3.29. The Bertz CT molecular complexity index is 490. The Morgan fingerprint density at radius 2 is 1.11 bits per heavy atom. The van der Waals surface area contributed by atoms with Gasteiger partial charge in [-0.1, -0.05) is 109 Å². The standard InChI is InChI=1S/C16H33.C6H6O3S.Li/c1-3-5-7-9-11-13-15-16-14-12-10-8-6-4-2;7-10(8,9)6-4-2-1-3-5-6;/h1,3-16H2,2H3;1-5H,(H,7,8,9);/q-1;;+1. The fraction of sp³-hybridized carbons (Fsp3) is 0.682. The number of hydrogen-bond donors (Lipinski definition) is 1. The zero-order valence-corrected chi connectivity index (χ0v) is 18.5. The maximum atomic E-state index is 10.4. The van der Waals surface area contributed by atoms with E-state index in [0.29, 0.717) is 0 Å². The summed E-state index contributed by atoms with van der Waals surface area (Å²) in [7, 11) is -4.00. The van der Waals surface area contributed by atoms with Crippen molar-refractivity contribution in [2.45, 2.75) is 102 Å². The fourth-order valence-electron chi connectivity index (χ4n) is 2.79. The molecule has 0 radical (unpaired) electrons. The van der Waals surface area contributed by atoms with Gasteiger partial charge >= 0.3 is 18.9 Å². The molecule has 0 unspecified atom stereocenters. The molecule has 0 aliphatic rings. The van der Waals surface area contributed by atoms with Gasteiger partial charge in [0.05, 0.1) is 4.90 Å². The SMILES string of the molecule is O=S(=O)(O)c1ccccc1.[CH2-]CCCCCCCCCCCCCCC.[Li+]. The topological polar surface area (TPSA) is 54.4 Å². The van der Waals surface area contributed by atoms with Crippen LogP contribution in [0.25, 0.3) is 0 Å². The zero-order valence-electron chi connectivity index (χ0n) is 17.7.